The number of halogens is 1. The maximum absolute atomic E-state index is 12.4. The molecule has 2 amide bonds. The monoisotopic (exact) mass is 436 g/mol. The maximum Gasteiger partial charge on any atom is 0.320 e. The molecule has 2 unspecified atom stereocenters. The fourth-order valence-corrected chi connectivity index (χ4v) is 3.79. The molecule has 2 aromatic heterocycles. The average molecular weight is 437 g/mol. The summed E-state index contributed by atoms with van der Waals surface area (Å²) in [5.41, 5.74) is 2.98. The van der Waals surface area contributed by atoms with E-state index in [0.717, 1.165) is 22.3 Å². The lowest BCUT2D eigenvalue weighted by Gasteiger charge is -2.22. The Labute approximate surface area is 167 Å². The third-order valence-electron chi connectivity index (χ3n) is 4.73. The Morgan fingerprint density at radius 2 is 2.11 bits per heavy atom. The predicted octanol–water partition coefficient (Wildman–Crippen LogP) is 2.46. The number of hydrogen-bond acceptors (Lipinski definition) is 5. The van der Waals surface area contributed by atoms with Crippen LogP contribution in [0.4, 0.5) is 4.79 Å². The average Bonchev–Trinajstić information content (AvgIpc) is 3.10. The number of aryl methyl sites for hydroxylation is 2. The van der Waals surface area contributed by atoms with Crippen molar-refractivity contribution < 1.29 is 9.90 Å². The summed E-state index contributed by atoms with van der Waals surface area (Å²) in [6.45, 7) is 6.37. The van der Waals surface area contributed by atoms with Crippen molar-refractivity contribution in [1.29, 1.82) is 0 Å². The molecule has 0 bridgehead atoms. The first-order valence-corrected chi connectivity index (χ1v) is 9.90. The standard InChI is InChI=1S/C18H25BrN6O2/c1-5-12-11(19)6-7-13(20-12)16-15(24(4)23-22-16)9-25-17(26)14(8-10(2)3)21-18(25)27/h6-7,10,14,17,26H,5,8-9H2,1-4H3,(H,21,27). The minimum Gasteiger partial charge on any atom is -0.371 e. The summed E-state index contributed by atoms with van der Waals surface area (Å²) >= 11 is 3.50. The van der Waals surface area contributed by atoms with Crippen molar-refractivity contribution >= 4 is 22.0 Å². The van der Waals surface area contributed by atoms with Gasteiger partial charge in [-0.2, -0.15) is 0 Å². The second-order valence-electron chi connectivity index (χ2n) is 7.21. The highest BCUT2D eigenvalue weighted by molar-refractivity contribution is 9.10. The Morgan fingerprint density at radius 1 is 1.37 bits per heavy atom. The van der Waals surface area contributed by atoms with Crippen LogP contribution in [-0.2, 0) is 20.0 Å². The lowest BCUT2D eigenvalue weighted by atomic mass is 10.0. The summed E-state index contributed by atoms with van der Waals surface area (Å²) in [4.78, 5) is 18.5. The molecule has 0 aromatic carbocycles. The topological polar surface area (TPSA) is 96.2 Å². The van der Waals surface area contributed by atoms with Crippen LogP contribution >= 0.6 is 15.9 Å². The molecule has 27 heavy (non-hydrogen) atoms. The summed E-state index contributed by atoms with van der Waals surface area (Å²) in [5, 5.41) is 21.8. The van der Waals surface area contributed by atoms with Crippen molar-refractivity contribution in [1.82, 2.24) is 30.2 Å². The zero-order valence-electron chi connectivity index (χ0n) is 16.0. The quantitative estimate of drug-likeness (QED) is 0.724. The highest BCUT2D eigenvalue weighted by Crippen LogP contribution is 2.26. The highest BCUT2D eigenvalue weighted by atomic mass is 79.9. The Kier molecular flexibility index (Phi) is 5.81. The first kappa shape index (κ1) is 19.8. The lowest BCUT2D eigenvalue weighted by molar-refractivity contribution is 0.0312. The molecule has 3 rings (SSSR count). The molecule has 9 heteroatoms. The number of nitrogens with zero attached hydrogens (tertiary/aromatic N) is 5. The number of carbonyl (C=O) groups is 1. The first-order chi connectivity index (χ1) is 12.8. The number of aromatic nitrogens is 4. The Bertz CT molecular complexity index is 837. The number of aliphatic hydroxyl groups is 1. The molecule has 3 heterocycles. The largest absolute Gasteiger partial charge is 0.371 e. The number of rotatable bonds is 6. The van der Waals surface area contributed by atoms with Gasteiger partial charge in [0, 0.05) is 11.5 Å². The van der Waals surface area contributed by atoms with Gasteiger partial charge in [-0.15, -0.1) is 5.10 Å². The van der Waals surface area contributed by atoms with Gasteiger partial charge in [-0.1, -0.05) is 26.0 Å². The van der Waals surface area contributed by atoms with Crippen LogP contribution in [0.15, 0.2) is 16.6 Å². The molecule has 2 aromatic rings. The SMILES string of the molecule is CCc1nc(-c2nnn(C)c2CN2C(=O)NC(CC(C)C)C2O)ccc1Br. The fraction of sp³-hybridized carbons (Fsp3) is 0.556. The molecular weight excluding hydrogens is 412 g/mol. The lowest BCUT2D eigenvalue weighted by Crippen LogP contribution is -2.37. The normalized spacial score (nSPS) is 19.8. The number of carbonyl (C=O) groups excluding carboxylic acids is 1. The van der Waals surface area contributed by atoms with Crippen LogP contribution < -0.4 is 5.32 Å². The molecule has 0 saturated carbocycles. The molecule has 1 aliphatic heterocycles. The van der Waals surface area contributed by atoms with Crippen LogP contribution in [-0.4, -0.2) is 48.3 Å². The van der Waals surface area contributed by atoms with Gasteiger partial charge in [-0.3, -0.25) is 4.90 Å². The van der Waals surface area contributed by atoms with E-state index in [1.165, 1.54) is 4.90 Å². The van der Waals surface area contributed by atoms with Crippen molar-refractivity contribution in [2.75, 3.05) is 0 Å². The van der Waals surface area contributed by atoms with Gasteiger partial charge in [0.25, 0.3) is 0 Å². The fourth-order valence-electron chi connectivity index (χ4n) is 3.29. The third-order valence-corrected chi connectivity index (χ3v) is 5.46. The number of aliphatic hydroxyl groups excluding tert-OH is 1. The summed E-state index contributed by atoms with van der Waals surface area (Å²) in [5.74, 6) is 0.373. The van der Waals surface area contributed by atoms with Crippen LogP contribution in [0.1, 0.15) is 38.6 Å². The second-order valence-corrected chi connectivity index (χ2v) is 8.07. The second kappa shape index (κ2) is 7.93. The smallest absolute Gasteiger partial charge is 0.320 e. The van der Waals surface area contributed by atoms with Crippen molar-refractivity contribution in [3.05, 3.63) is 28.0 Å². The molecule has 8 nitrogen and oxygen atoms in total. The summed E-state index contributed by atoms with van der Waals surface area (Å²) in [6.07, 6.45) is 0.619. The van der Waals surface area contributed by atoms with Gasteiger partial charge in [0.1, 0.15) is 5.69 Å². The van der Waals surface area contributed by atoms with Crippen LogP contribution in [0.25, 0.3) is 11.4 Å². The van der Waals surface area contributed by atoms with E-state index in [9.17, 15) is 9.90 Å². The molecule has 2 N–H and O–H groups in total. The Balaban J connectivity index is 1.89. The molecule has 1 saturated heterocycles. The van der Waals surface area contributed by atoms with Gasteiger partial charge in [0.2, 0.25) is 0 Å². The van der Waals surface area contributed by atoms with E-state index in [1.54, 1.807) is 11.7 Å². The van der Waals surface area contributed by atoms with Gasteiger partial charge in [-0.25, -0.2) is 14.5 Å². The maximum atomic E-state index is 12.4. The van der Waals surface area contributed by atoms with Crippen molar-refractivity contribution in [3.63, 3.8) is 0 Å². The minimum absolute atomic E-state index is 0.208. The van der Waals surface area contributed by atoms with Crippen LogP contribution in [0, 0.1) is 5.92 Å². The zero-order valence-corrected chi connectivity index (χ0v) is 17.6. The van der Waals surface area contributed by atoms with Gasteiger partial charge in [0.15, 0.2) is 6.23 Å². The van der Waals surface area contributed by atoms with E-state index in [2.05, 4.69) is 50.4 Å². The molecule has 0 aliphatic carbocycles. The summed E-state index contributed by atoms with van der Waals surface area (Å²) in [6, 6.07) is 3.26. The molecule has 2 atom stereocenters. The third kappa shape index (κ3) is 3.98. The number of urea groups is 1. The number of pyridine rings is 1. The number of hydrogen-bond donors (Lipinski definition) is 2. The molecule has 0 radical (unpaired) electrons. The Hall–Kier alpha value is -2.00. The zero-order chi connectivity index (χ0) is 19.7. The van der Waals surface area contributed by atoms with Gasteiger partial charge < -0.3 is 10.4 Å². The molecule has 1 aliphatic rings. The highest BCUT2D eigenvalue weighted by Gasteiger charge is 2.39. The predicted molar refractivity (Wildman–Crippen MR) is 105 cm³/mol. The molecular formula is C18H25BrN6O2. The van der Waals surface area contributed by atoms with Crippen LogP contribution in [0.2, 0.25) is 0 Å². The van der Waals surface area contributed by atoms with E-state index in [-0.39, 0.29) is 18.6 Å². The Morgan fingerprint density at radius 3 is 2.78 bits per heavy atom. The van der Waals surface area contributed by atoms with E-state index in [1.807, 2.05) is 19.1 Å². The number of nitrogens with one attached hydrogen (secondary N) is 1. The van der Waals surface area contributed by atoms with Crippen LogP contribution in [0.5, 0.6) is 0 Å². The van der Waals surface area contributed by atoms with Crippen molar-refractivity contribution in [2.45, 2.75) is 52.4 Å². The van der Waals surface area contributed by atoms with Gasteiger partial charge in [-0.05, 0) is 46.8 Å². The van der Waals surface area contributed by atoms with E-state index in [0.29, 0.717) is 23.7 Å². The van der Waals surface area contributed by atoms with E-state index >= 15 is 0 Å². The van der Waals surface area contributed by atoms with E-state index in [4.69, 9.17) is 0 Å². The van der Waals surface area contributed by atoms with Crippen LogP contribution in [0.3, 0.4) is 0 Å². The molecule has 0 spiro atoms. The van der Waals surface area contributed by atoms with Crippen molar-refractivity contribution in [2.24, 2.45) is 13.0 Å². The van der Waals surface area contributed by atoms with Gasteiger partial charge >= 0.3 is 6.03 Å². The van der Waals surface area contributed by atoms with Crippen molar-refractivity contribution in [3.8, 4) is 11.4 Å². The minimum atomic E-state index is -0.883. The molecule has 146 valence electrons. The van der Waals surface area contributed by atoms with E-state index < -0.39 is 6.23 Å². The first-order valence-electron chi connectivity index (χ1n) is 9.11. The summed E-state index contributed by atoms with van der Waals surface area (Å²) < 4.78 is 2.57. The number of amides is 2. The summed E-state index contributed by atoms with van der Waals surface area (Å²) in [7, 11) is 1.78. The molecule has 1 fully saturated rings. The van der Waals surface area contributed by atoms with Gasteiger partial charge in [0.05, 0.1) is 29.7 Å².